The highest BCUT2D eigenvalue weighted by Gasteiger charge is 2.71. The molecule has 0 spiro atoms. The molecule has 2 amide bonds. The van der Waals surface area contributed by atoms with Crippen LogP contribution in [0, 0.1) is 11.8 Å². The molecule has 6 nitrogen and oxygen atoms in total. The molecule has 0 radical (unpaired) electrons. The van der Waals surface area contributed by atoms with Gasteiger partial charge in [-0.25, -0.2) is 0 Å². The van der Waals surface area contributed by atoms with Gasteiger partial charge in [0.15, 0.2) is 5.78 Å². The molecule has 1 aromatic carbocycles. The predicted molar refractivity (Wildman–Crippen MR) is 69.1 cm³/mol. The van der Waals surface area contributed by atoms with Crippen LogP contribution >= 0.6 is 0 Å². The van der Waals surface area contributed by atoms with Crippen LogP contribution in [0.4, 0.5) is 0 Å². The Labute approximate surface area is 120 Å². The van der Waals surface area contributed by atoms with Crippen molar-refractivity contribution in [2.24, 2.45) is 11.8 Å². The molecule has 21 heavy (non-hydrogen) atoms. The van der Waals surface area contributed by atoms with Gasteiger partial charge in [-0.3, -0.25) is 19.3 Å². The molecule has 4 rings (SSSR count). The Morgan fingerprint density at radius 1 is 1.19 bits per heavy atom. The van der Waals surface area contributed by atoms with Crippen molar-refractivity contribution in [3.05, 3.63) is 35.4 Å². The molecule has 2 bridgehead atoms. The smallest absolute Gasteiger partial charge is 0.238 e. The molecule has 0 aromatic heterocycles. The lowest BCUT2D eigenvalue weighted by Gasteiger charge is -2.36. The number of likely N-dealkylation sites (tertiary alicyclic amines) is 1. The molecule has 108 valence electrons. The van der Waals surface area contributed by atoms with Crippen LogP contribution in [-0.2, 0) is 24.8 Å². The van der Waals surface area contributed by atoms with E-state index in [1.807, 2.05) is 0 Å². The highest BCUT2D eigenvalue weighted by molar-refractivity contribution is 6.13. The van der Waals surface area contributed by atoms with Crippen molar-refractivity contribution in [1.29, 1.82) is 0 Å². The van der Waals surface area contributed by atoms with E-state index in [-0.39, 0.29) is 17.6 Å². The maximum Gasteiger partial charge on any atom is 0.238 e. The van der Waals surface area contributed by atoms with Crippen LogP contribution < -0.4 is 0 Å². The Morgan fingerprint density at radius 2 is 1.90 bits per heavy atom. The quantitative estimate of drug-likeness (QED) is 0.695. The van der Waals surface area contributed by atoms with Gasteiger partial charge in [0.2, 0.25) is 17.6 Å². The van der Waals surface area contributed by atoms with Crippen molar-refractivity contribution in [2.45, 2.75) is 11.9 Å². The molecule has 6 heteroatoms. The molecule has 3 aliphatic heterocycles. The van der Waals surface area contributed by atoms with E-state index in [4.69, 9.17) is 9.47 Å². The molecule has 1 aromatic rings. The minimum absolute atomic E-state index is 0.262. The largest absolute Gasteiger partial charge is 0.349 e. The third-order valence-electron chi connectivity index (χ3n) is 4.74. The Hall–Kier alpha value is -2.05. The van der Waals surface area contributed by atoms with Crippen molar-refractivity contribution in [3.63, 3.8) is 0 Å². The maximum absolute atomic E-state index is 12.6. The van der Waals surface area contributed by atoms with Gasteiger partial charge in [0.05, 0.1) is 5.92 Å². The van der Waals surface area contributed by atoms with Gasteiger partial charge in [0, 0.05) is 25.3 Å². The minimum atomic E-state index is -1.35. The van der Waals surface area contributed by atoms with E-state index < -0.39 is 23.7 Å². The summed E-state index contributed by atoms with van der Waals surface area (Å²) in [7, 11) is 2.86. The SMILES string of the molecule is CO[C@@]12O[C@@H](C(=O)c3ccccc31)[C@@H]1C(=O)N(C)C(=O)[C@@H]12. The normalized spacial score (nSPS) is 37.0. The summed E-state index contributed by atoms with van der Waals surface area (Å²) in [4.78, 5) is 38.4. The summed E-state index contributed by atoms with van der Waals surface area (Å²) in [5.74, 6) is -3.96. The maximum atomic E-state index is 12.6. The zero-order chi connectivity index (χ0) is 14.9. The van der Waals surface area contributed by atoms with Crippen molar-refractivity contribution in [2.75, 3.05) is 14.2 Å². The van der Waals surface area contributed by atoms with E-state index in [0.717, 1.165) is 4.90 Å². The van der Waals surface area contributed by atoms with Crippen LogP contribution in [0.5, 0.6) is 0 Å². The molecule has 2 fully saturated rings. The number of carbonyl (C=O) groups excluding carboxylic acids is 3. The first-order valence-corrected chi connectivity index (χ1v) is 6.71. The van der Waals surface area contributed by atoms with Crippen molar-refractivity contribution >= 4 is 17.6 Å². The first-order chi connectivity index (χ1) is 10.0. The molecule has 3 aliphatic rings. The molecule has 0 saturated carbocycles. The van der Waals surface area contributed by atoms with Crippen molar-refractivity contribution in [1.82, 2.24) is 4.90 Å². The number of nitrogens with zero attached hydrogens (tertiary/aromatic N) is 1. The van der Waals surface area contributed by atoms with Gasteiger partial charge < -0.3 is 9.47 Å². The number of methoxy groups -OCH3 is 1. The first kappa shape index (κ1) is 12.7. The van der Waals surface area contributed by atoms with Gasteiger partial charge in [0.1, 0.15) is 12.0 Å². The van der Waals surface area contributed by atoms with Crippen molar-refractivity contribution in [3.8, 4) is 0 Å². The standard InChI is InChI=1S/C15H13NO5/c1-16-13(18)9-10(14(16)19)15(20-2)8-6-4-3-5-7(8)11(17)12(9)21-15/h3-6,9-10,12H,1-2H3/t9-,10-,12-,15-/m1/s1. The summed E-state index contributed by atoms with van der Waals surface area (Å²) >= 11 is 0. The lowest BCUT2D eigenvalue weighted by molar-refractivity contribution is -0.237. The number of carbonyl (C=O) groups is 3. The number of Topliss-reactive ketones (excluding diaryl/α,β-unsaturated/α-hetero) is 1. The predicted octanol–water partition coefficient (Wildman–Crippen LogP) is 0.312. The molecule has 3 heterocycles. The molecular formula is C15H13NO5. The Balaban J connectivity index is 2.01. The van der Waals surface area contributed by atoms with Gasteiger partial charge in [-0.1, -0.05) is 24.3 Å². The summed E-state index contributed by atoms with van der Waals surface area (Å²) < 4.78 is 11.3. The fraction of sp³-hybridized carbons (Fsp3) is 0.400. The van der Waals surface area contributed by atoms with Gasteiger partial charge in [0.25, 0.3) is 0 Å². The number of ether oxygens (including phenoxy) is 2. The van der Waals surface area contributed by atoms with Crippen molar-refractivity contribution < 1.29 is 23.9 Å². The van der Waals surface area contributed by atoms with E-state index in [9.17, 15) is 14.4 Å². The van der Waals surface area contributed by atoms with Gasteiger partial charge in [-0.2, -0.15) is 0 Å². The zero-order valence-corrected chi connectivity index (χ0v) is 11.5. The monoisotopic (exact) mass is 287 g/mol. The lowest BCUT2D eigenvalue weighted by atomic mass is 9.86. The number of ketones is 1. The van der Waals surface area contributed by atoms with Gasteiger partial charge >= 0.3 is 0 Å². The fourth-order valence-electron chi connectivity index (χ4n) is 3.76. The van der Waals surface area contributed by atoms with Crippen LogP contribution in [0.15, 0.2) is 24.3 Å². The topological polar surface area (TPSA) is 72.9 Å². The Kier molecular flexibility index (Phi) is 2.28. The second kappa shape index (κ2) is 3.78. The highest BCUT2D eigenvalue weighted by Crippen LogP contribution is 2.56. The summed E-state index contributed by atoms with van der Waals surface area (Å²) in [6, 6.07) is 6.90. The molecule has 0 aliphatic carbocycles. The third kappa shape index (κ3) is 1.23. The van der Waals surface area contributed by atoms with Crippen LogP contribution in [0.2, 0.25) is 0 Å². The number of imide groups is 1. The number of hydrogen-bond donors (Lipinski definition) is 0. The minimum Gasteiger partial charge on any atom is -0.349 e. The summed E-state index contributed by atoms with van der Waals surface area (Å²) in [6.45, 7) is 0. The van der Waals surface area contributed by atoms with Crippen LogP contribution in [0.25, 0.3) is 0 Å². The van der Waals surface area contributed by atoms with Gasteiger partial charge in [-0.05, 0) is 0 Å². The number of rotatable bonds is 1. The summed E-state index contributed by atoms with van der Waals surface area (Å²) in [6.07, 6.45) is -0.953. The zero-order valence-electron chi connectivity index (χ0n) is 11.5. The van der Waals surface area contributed by atoms with Crippen LogP contribution in [0.1, 0.15) is 15.9 Å². The number of benzene rings is 1. The lowest BCUT2D eigenvalue weighted by Crippen LogP contribution is -2.45. The average molecular weight is 287 g/mol. The van der Waals surface area contributed by atoms with E-state index in [1.165, 1.54) is 14.2 Å². The highest BCUT2D eigenvalue weighted by atomic mass is 16.7. The molecule has 0 N–H and O–H groups in total. The van der Waals surface area contributed by atoms with E-state index in [1.54, 1.807) is 24.3 Å². The summed E-state index contributed by atoms with van der Waals surface area (Å²) in [5, 5.41) is 0. The second-order valence-electron chi connectivity index (χ2n) is 5.56. The number of hydrogen-bond acceptors (Lipinski definition) is 5. The molecule has 0 unspecified atom stereocenters. The first-order valence-electron chi connectivity index (χ1n) is 6.71. The average Bonchev–Trinajstić information content (AvgIpc) is 2.94. The summed E-state index contributed by atoms with van der Waals surface area (Å²) in [5.41, 5.74) is 0.992. The van der Waals surface area contributed by atoms with Gasteiger partial charge in [-0.15, -0.1) is 0 Å². The molecule has 2 saturated heterocycles. The van der Waals surface area contributed by atoms with Crippen LogP contribution in [-0.4, -0.2) is 42.8 Å². The third-order valence-corrected chi connectivity index (χ3v) is 4.74. The van der Waals surface area contributed by atoms with E-state index >= 15 is 0 Å². The Bertz CT molecular complexity index is 699. The Morgan fingerprint density at radius 3 is 2.62 bits per heavy atom. The second-order valence-corrected chi connectivity index (χ2v) is 5.56. The fourth-order valence-corrected chi connectivity index (χ4v) is 3.76. The molecular weight excluding hydrogens is 274 g/mol. The van der Waals surface area contributed by atoms with E-state index in [2.05, 4.69) is 0 Å². The number of fused-ring (bicyclic) bond motifs is 7. The van der Waals surface area contributed by atoms with E-state index in [0.29, 0.717) is 11.1 Å². The molecule has 4 atom stereocenters. The van der Waals surface area contributed by atoms with Crippen LogP contribution in [0.3, 0.4) is 0 Å². The number of amides is 2.